The molecule has 3 aromatic rings. The Hall–Kier alpha value is -4.76. The highest BCUT2D eigenvalue weighted by molar-refractivity contribution is 5.98. The number of hydrogen-bond donors (Lipinski definition) is 4. The quantitative estimate of drug-likeness (QED) is 0.377. The number of benzene rings is 2. The van der Waals surface area contributed by atoms with Crippen LogP contribution in [0.3, 0.4) is 0 Å². The maximum absolute atomic E-state index is 9.47. The molecule has 1 atom stereocenters. The molecule has 0 spiro atoms. The number of nitrogens with two attached hydrogens (primary N) is 2. The van der Waals surface area contributed by atoms with Gasteiger partial charge in [-0.3, -0.25) is 5.32 Å². The van der Waals surface area contributed by atoms with Gasteiger partial charge in [0.15, 0.2) is 6.19 Å². The highest BCUT2D eigenvalue weighted by Crippen LogP contribution is 2.43. The van der Waals surface area contributed by atoms with Crippen molar-refractivity contribution in [1.29, 1.82) is 10.5 Å². The topological polar surface area (TPSA) is 158 Å². The number of para-hydroxylation sites is 1. The molecule has 6 N–H and O–H groups in total. The van der Waals surface area contributed by atoms with Gasteiger partial charge in [-0.25, -0.2) is 9.98 Å². The fourth-order valence-electron chi connectivity index (χ4n) is 3.38. The number of anilines is 3. The van der Waals surface area contributed by atoms with Crippen molar-refractivity contribution in [3.63, 3.8) is 0 Å². The molecule has 2 aromatic carbocycles. The molecule has 1 unspecified atom stereocenters. The summed E-state index contributed by atoms with van der Waals surface area (Å²) in [5.41, 5.74) is 14.7. The van der Waals surface area contributed by atoms with Gasteiger partial charge in [0.05, 0.1) is 5.69 Å². The number of nitrogens with zero attached hydrogens (tertiary/aromatic N) is 4. The van der Waals surface area contributed by atoms with Crippen LogP contribution in [0.2, 0.25) is 0 Å². The SMILES string of the molecule is N#CNC1=NC(c2ccccc2OCc2ccccc2)c2c(nc(N)c(C#N)c2N)N1. The second-order valence-electron chi connectivity index (χ2n) is 6.71. The summed E-state index contributed by atoms with van der Waals surface area (Å²) in [5, 5.41) is 23.9. The van der Waals surface area contributed by atoms with Gasteiger partial charge in [-0.2, -0.15) is 10.5 Å². The molecular weight excluding hydrogens is 392 g/mol. The number of nitrogens with one attached hydrogen (secondary N) is 2. The van der Waals surface area contributed by atoms with Crippen molar-refractivity contribution in [2.45, 2.75) is 12.6 Å². The maximum Gasteiger partial charge on any atom is 0.211 e. The molecule has 152 valence electrons. The molecule has 0 saturated heterocycles. The van der Waals surface area contributed by atoms with Crippen molar-refractivity contribution in [2.75, 3.05) is 16.8 Å². The molecule has 1 aromatic heterocycles. The lowest BCUT2D eigenvalue weighted by molar-refractivity contribution is 0.302. The van der Waals surface area contributed by atoms with E-state index < -0.39 is 6.04 Å². The largest absolute Gasteiger partial charge is 0.489 e. The van der Waals surface area contributed by atoms with E-state index in [2.05, 4.69) is 20.6 Å². The van der Waals surface area contributed by atoms with Gasteiger partial charge in [-0.05, 0) is 11.6 Å². The van der Waals surface area contributed by atoms with Crippen molar-refractivity contribution >= 4 is 23.3 Å². The Labute approximate surface area is 178 Å². The van der Waals surface area contributed by atoms with Crippen LogP contribution in [0.25, 0.3) is 0 Å². The molecule has 0 aliphatic carbocycles. The zero-order chi connectivity index (χ0) is 21.8. The van der Waals surface area contributed by atoms with E-state index in [0.29, 0.717) is 29.3 Å². The van der Waals surface area contributed by atoms with Crippen LogP contribution in [0.5, 0.6) is 5.75 Å². The van der Waals surface area contributed by atoms with E-state index in [0.717, 1.165) is 5.56 Å². The number of nitriles is 2. The van der Waals surface area contributed by atoms with E-state index in [1.54, 1.807) is 0 Å². The predicted octanol–water partition coefficient (Wildman–Crippen LogP) is 2.64. The van der Waals surface area contributed by atoms with E-state index in [1.807, 2.05) is 66.9 Å². The number of aromatic nitrogens is 1. The minimum atomic E-state index is -0.667. The predicted molar refractivity (Wildman–Crippen MR) is 117 cm³/mol. The minimum absolute atomic E-state index is 0.00294. The van der Waals surface area contributed by atoms with Crippen molar-refractivity contribution in [1.82, 2.24) is 10.3 Å². The van der Waals surface area contributed by atoms with Gasteiger partial charge in [0.1, 0.15) is 41.7 Å². The van der Waals surface area contributed by atoms with Crippen LogP contribution in [-0.4, -0.2) is 10.9 Å². The monoisotopic (exact) mass is 410 g/mol. The molecule has 2 heterocycles. The second-order valence-corrected chi connectivity index (χ2v) is 6.71. The smallest absolute Gasteiger partial charge is 0.211 e. The Morgan fingerprint density at radius 1 is 1.06 bits per heavy atom. The molecule has 0 amide bonds. The van der Waals surface area contributed by atoms with Crippen LogP contribution in [0.15, 0.2) is 59.6 Å². The zero-order valence-electron chi connectivity index (χ0n) is 16.3. The van der Waals surface area contributed by atoms with Gasteiger partial charge >= 0.3 is 0 Å². The lowest BCUT2D eigenvalue weighted by Crippen LogP contribution is -2.32. The summed E-state index contributed by atoms with van der Waals surface area (Å²) in [4.78, 5) is 8.86. The van der Waals surface area contributed by atoms with Gasteiger partial charge in [-0.15, -0.1) is 0 Å². The molecule has 9 nitrogen and oxygen atoms in total. The number of rotatable bonds is 4. The number of hydrogen-bond acceptors (Lipinski definition) is 9. The van der Waals surface area contributed by atoms with Gasteiger partial charge in [0.2, 0.25) is 5.96 Å². The first-order valence-corrected chi connectivity index (χ1v) is 9.37. The standard InChI is InChI=1S/C22H18N8O/c23-10-15-18(25)17-19(28-22(27-12-24)30-21(17)29-20(15)26)14-8-4-5-9-16(14)31-11-13-6-2-1-3-7-13/h1-9,19H,11H2,(H6,25,26,27,28,29,30). The van der Waals surface area contributed by atoms with E-state index >= 15 is 0 Å². The van der Waals surface area contributed by atoms with E-state index in [4.69, 9.17) is 21.5 Å². The lowest BCUT2D eigenvalue weighted by Gasteiger charge is -2.27. The Balaban J connectivity index is 1.81. The Morgan fingerprint density at radius 3 is 2.55 bits per heavy atom. The molecule has 9 heteroatoms. The van der Waals surface area contributed by atoms with Crippen LogP contribution in [0, 0.1) is 22.8 Å². The highest BCUT2D eigenvalue weighted by atomic mass is 16.5. The van der Waals surface area contributed by atoms with Gasteiger partial charge < -0.3 is 21.5 Å². The lowest BCUT2D eigenvalue weighted by atomic mass is 9.94. The van der Waals surface area contributed by atoms with Crippen LogP contribution in [0.4, 0.5) is 17.3 Å². The fourth-order valence-corrected chi connectivity index (χ4v) is 3.38. The summed E-state index contributed by atoms with van der Waals surface area (Å²) in [5.74, 6) is 1.11. The molecular formula is C22H18N8O. The molecule has 31 heavy (non-hydrogen) atoms. The molecule has 1 aliphatic heterocycles. The third-order valence-electron chi connectivity index (χ3n) is 4.81. The summed E-state index contributed by atoms with van der Waals surface area (Å²) in [6.07, 6.45) is 1.84. The number of aliphatic imine (C=N–C) groups is 1. The molecule has 0 fully saturated rings. The van der Waals surface area contributed by atoms with Crippen LogP contribution in [-0.2, 0) is 6.61 Å². The molecule has 0 radical (unpaired) electrons. The summed E-state index contributed by atoms with van der Waals surface area (Å²) in [7, 11) is 0. The van der Waals surface area contributed by atoms with Crippen molar-refractivity contribution < 1.29 is 4.74 Å². The highest BCUT2D eigenvalue weighted by Gasteiger charge is 2.31. The van der Waals surface area contributed by atoms with Crippen molar-refractivity contribution in [2.24, 2.45) is 4.99 Å². The average Bonchev–Trinajstić information content (AvgIpc) is 2.78. The van der Waals surface area contributed by atoms with Gasteiger partial charge in [-0.1, -0.05) is 48.5 Å². The summed E-state index contributed by atoms with van der Waals surface area (Å²) < 4.78 is 6.08. The molecule has 0 saturated carbocycles. The third-order valence-corrected chi connectivity index (χ3v) is 4.81. The number of fused-ring (bicyclic) bond motifs is 1. The Bertz CT molecular complexity index is 1240. The van der Waals surface area contributed by atoms with E-state index in [-0.39, 0.29) is 23.0 Å². The first kappa shape index (κ1) is 19.6. The summed E-state index contributed by atoms with van der Waals surface area (Å²) in [6, 6.07) is 18.5. The van der Waals surface area contributed by atoms with E-state index in [1.165, 1.54) is 0 Å². The van der Waals surface area contributed by atoms with Crippen molar-refractivity contribution in [3.05, 3.63) is 76.9 Å². The van der Waals surface area contributed by atoms with Gasteiger partial charge in [0, 0.05) is 11.1 Å². The van der Waals surface area contributed by atoms with Crippen molar-refractivity contribution in [3.8, 4) is 18.0 Å². The number of nitrogen functional groups attached to an aromatic ring is 2. The third kappa shape index (κ3) is 3.76. The minimum Gasteiger partial charge on any atom is -0.489 e. The van der Waals surface area contributed by atoms with Crippen LogP contribution < -0.4 is 26.8 Å². The zero-order valence-corrected chi connectivity index (χ0v) is 16.3. The number of ether oxygens (including phenoxy) is 1. The second kappa shape index (κ2) is 8.31. The number of guanidine groups is 1. The Kier molecular flexibility index (Phi) is 5.24. The molecule has 1 aliphatic rings. The Morgan fingerprint density at radius 2 is 1.81 bits per heavy atom. The van der Waals surface area contributed by atoms with Crippen LogP contribution >= 0.6 is 0 Å². The first-order chi connectivity index (χ1) is 15.1. The maximum atomic E-state index is 9.47. The van der Waals surface area contributed by atoms with E-state index in [9.17, 15) is 5.26 Å². The normalized spacial score (nSPS) is 14.3. The van der Waals surface area contributed by atoms with Gasteiger partial charge in [0.25, 0.3) is 0 Å². The average molecular weight is 410 g/mol. The fraction of sp³-hybridized carbons (Fsp3) is 0.0909. The number of pyridine rings is 1. The molecule has 0 bridgehead atoms. The first-order valence-electron chi connectivity index (χ1n) is 9.37. The molecule has 4 rings (SSSR count). The summed E-state index contributed by atoms with van der Waals surface area (Å²) >= 11 is 0. The van der Waals surface area contributed by atoms with Crippen LogP contribution in [0.1, 0.15) is 28.3 Å². The summed E-state index contributed by atoms with van der Waals surface area (Å²) in [6.45, 7) is 0.363.